The number of nitrogens with one attached hydrogen (secondary N) is 1. The molecular formula is C20H22F3NO4S. The summed E-state index contributed by atoms with van der Waals surface area (Å²) in [6.07, 6.45) is -0.564. The van der Waals surface area contributed by atoms with E-state index in [1.807, 2.05) is 0 Å². The molecule has 2 aromatic rings. The maximum Gasteiger partial charge on any atom is 0.416 e. The normalized spacial score (nSPS) is 20.4. The van der Waals surface area contributed by atoms with Crippen LogP contribution in [0.15, 0.2) is 45.7 Å². The number of carbonyl (C=O) groups excluding carboxylic acids is 1. The molecule has 1 aromatic heterocycles. The van der Waals surface area contributed by atoms with E-state index in [4.69, 9.17) is 4.42 Å². The number of rotatable bonds is 5. The van der Waals surface area contributed by atoms with Gasteiger partial charge in [-0.25, -0.2) is 8.42 Å². The smallest absolute Gasteiger partial charge is 0.416 e. The van der Waals surface area contributed by atoms with Gasteiger partial charge in [0.15, 0.2) is 15.6 Å². The molecule has 0 radical (unpaired) electrons. The minimum Gasteiger partial charge on any atom is -0.455 e. The number of halogens is 3. The number of amides is 1. The zero-order valence-corrected chi connectivity index (χ0v) is 16.6. The fraction of sp³-hybridized carbons (Fsp3) is 0.450. The first-order chi connectivity index (χ1) is 13.6. The molecule has 0 spiro atoms. The number of sulfone groups is 1. The van der Waals surface area contributed by atoms with Crippen LogP contribution in [0.1, 0.15) is 54.5 Å². The molecule has 0 saturated heterocycles. The maximum absolute atomic E-state index is 12.8. The lowest BCUT2D eigenvalue weighted by Gasteiger charge is -2.29. The van der Waals surface area contributed by atoms with Crippen molar-refractivity contribution in [3.8, 4) is 0 Å². The van der Waals surface area contributed by atoms with Crippen LogP contribution in [0, 0.1) is 5.92 Å². The predicted octanol–water partition coefficient (Wildman–Crippen LogP) is 4.58. The molecule has 1 aromatic carbocycles. The van der Waals surface area contributed by atoms with E-state index in [0.29, 0.717) is 12.0 Å². The van der Waals surface area contributed by atoms with Crippen molar-refractivity contribution < 1.29 is 30.8 Å². The molecule has 5 nitrogen and oxygen atoms in total. The Kier molecular flexibility index (Phi) is 6.07. The highest BCUT2D eigenvalue weighted by Gasteiger charge is 2.32. The van der Waals surface area contributed by atoms with Gasteiger partial charge in [-0.2, -0.15) is 13.2 Å². The Morgan fingerprint density at radius 1 is 1.17 bits per heavy atom. The second kappa shape index (κ2) is 8.22. The van der Waals surface area contributed by atoms with Crippen molar-refractivity contribution >= 4 is 15.7 Å². The third-order valence-corrected chi connectivity index (χ3v) is 6.80. The lowest BCUT2D eigenvalue weighted by atomic mass is 9.86. The fourth-order valence-electron chi connectivity index (χ4n) is 3.48. The van der Waals surface area contributed by atoms with E-state index >= 15 is 0 Å². The van der Waals surface area contributed by atoms with Crippen LogP contribution in [0.25, 0.3) is 0 Å². The Morgan fingerprint density at radius 2 is 1.90 bits per heavy atom. The van der Waals surface area contributed by atoms with Gasteiger partial charge in [0.25, 0.3) is 5.91 Å². The van der Waals surface area contributed by atoms with Gasteiger partial charge in [-0.3, -0.25) is 4.79 Å². The molecule has 0 bridgehead atoms. The lowest BCUT2D eigenvalue weighted by molar-refractivity contribution is -0.137. The van der Waals surface area contributed by atoms with E-state index in [-0.39, 0.29) is 17.6 Å². The van der Waals surface area contributed by atoms with Gasteiger partial charge in [0.2, 0.25) is 0 Å². The van der Waals surface area contributed by atoms with E-state index in [0.717, 1.165) is 43.9 Å². The molecule has 3 rings (SSSR count). The molecule has 1 fully saturated rings. The Labute approximate surface area is 167 Å². The molecule has 1 aliphatic rings. The summed E-state index contributed by atoms with van der Waals surface area (Å²) in [6, 6.07) is 6.31. The predicted molar refractivity (Wildman–Crippen MR) is 99.9 cm³/mol. The topological polar surface area (TPSA) is 76.4 Å². The lowest BCUT2D eigenvalue weighted by Crippen LogP contribution is -2.40. The molecule has 1 amide bonds. The van der Waals surface area contributed by atoms with Gasteiger partial charge in [-0.05, 0) is 49.1 Å². The number of hydrogen-bond donors (Lipinski definition) is 1. The van der Waals surface area contributed by atoms with E-state index in [1.165, 1.54) is 12.1 Å². The average molecular weight is 429 g/mol. The first kappa shape index (κ1) is 21.4. The molecule has 0 aliphatic heterocycles. The molecule has 29 heavy (non-hydrogen) atoms. The van der Waals surface area contributed by atoms with Gasteiger partial charge < -0.3 is 9.73 Å². The van der Waals surface area contributed by atoms with Gasteiger partial charge >= 0.3 is 6.18 Å². The molecule has 9 heteroatoms. The number of alkyl halides is 3. The highest BCUT2D eigenvalue weighted by Crippen LogP contribution is 2.31. The third-order valence-electron chi connectivity index (χ3n) is 5.17. The van der Waals surface area contributed by atoms with Gasteiger partial charge in [-0.15, -0.1) is 0 Å². The molecule has 1 aliphatic carbocycles. The van der Waals surface area contributed by atoms with E-state index in [1.54, 1.807) is 0 Å². The highest BCUT2D eigenvalue weighted by atomic mass is 32.2. The summed E-state index contributed by atoms with van der Waals surface area (Å²) in [5.41, 5.74) is -1.04. The Balaban J connectivity index is 1.71. The second-order valence-electron chi connectivity index (χ2n) is 7.39. The molecule has 2 atom stereocenters. The van der Waals surface area contributed by atoms with E-state index < -0.39 is 38.1 Å². The maximum atomic E-state index is 12.8. The van der Waals surface area contributed by atoms with Crippen molar-refractivity contribution in [2.75, 3.05) is 0 Å². The minimum atomic E-state index is -4.64. The number of hydrogen-bond acceptors (Lipinski definition) is 4. The van der Waals surface area contributed by atoms with Crippen LogP contribution in [0.5, 0.6) is 0 Å². The first-order valence-electron chi connectivity index (χ1n) is 9.36. The zero-order chi connectivity index (χ0) is 21.2. The van der Waals surface area contributed by atoms with Crippen LogP contribution < -0.4 is 5.32 Å². The molecule has 0 unspecified atom stereocenters. The summed E-state index contributed by atoms with van der Waals surface area (Å²) in [5.74, 6) is -0.738. The van der Waals surface area contributed by atoms with Gasteiger partial charge in [-0.1, -0.05) is 25.8 Å². The largest absolute Gasteiger partial charge is 0.455 e. The third kappa shape index (κ3) is 5.20. The summed E-state index contributed by atoms with van der Waals surface area (Å²) in [7, 11) is -4.07. The SMILES string of the molecule is C[C@H]1CCCC[C@H]1NC(=O)c1ccc(CS(=O)(=O)c2cccc(C(F)(F)F)c2)o1. The van der Waals surface area contributed by atoms with Crippen LogP contribution >= 0.6 is 0 Å². The van der Waals surface area contributed by atoms with Crippen molar-refractivity contribution in [1.29, 1.82) is 0 Å². The first-order valence-corrected chi connectivity index (χ1v) is 11.0. The van der Waals surface area contributed by atoms with E-state index in [9.17, 15) is 26.4 Å². The summed E-state index contributed by atoms with van der Waals surface area (Å²) < 4.78 is 68.9. The zero-order valence-electron chi connectivity index (χ0n) is 15.8. The van der Waals surface area contributed by atoms with Crippen LogP contribution in [0.2, 0.25) is 0 Å². The van der Waals surface area contributed by atoms with Crippen molar-refractivity contribution in [1.82, 2.24) is 5.32 Å². The molecule has 1 saturated carbocycles. The number of furan rings is 1. The number of carbonyl (C=O) groups is 1. The average Bonchev–Trinajstić information content (AvgIpc) is 3.11. The van der Waals surface area contributed by atoms with Gasteiger partial charge in [0.05, 0.1) is 10.5 Å². The van der Waals surface area contributed by atoms with E-state index in [2.05, 4.69) is 12.2 Å². The Morgan fingerprint density at radius 3 is 2.59 bits per heavy atom. The van der Waals surface area contributed by atoms with Crippen LogP contribution in [-0.2, 0) is 21.8 Å². The van der Waals surface area contributed by atoms with Crippen molar-refractivity contribution in [2.45, 2.75) is 55.5 Å². The summed E-state index contributed by atoms with van der Waals surface area (Å²) >= 11 is 0. The van der Waals surface area contributed by atoms with Crippen molar-refractivity contribution in [3.05, 3.63) is 53.5 Å². The Hall–Kier alpha value is -2.29. The fourth-order valence-corrected chi connectivity index (χ4v) is 4.77. The van der Waals surface area contributed by atoms with Crippen LogP contribution in [-0.4, -0.2) is 20.4 Å². The summed E-state index contributed by atoms with van der Waals surface area (Å²) in [6.45, 7) is 2.07. The number of benzene rings is 1. The highest BCUT2D eigenvalue weighted by molar-refractivity contribution is 7.90. The van der Waals surface area contributed by atoms with Gasteiger partial charge in [0, 0.05) is 6.04 Å². The Bertz CT molecular complexity index is 982. The molecular weight excluding hydrogens is 407 g/mol. The van der Waals surface area contributed by atoms with Crippen molar-refractivity contribution in [2.24, 2.45) is 5.92 Å². The van der Waals surface area contributed by atoms with Crippen LogP contribution in [0.3, 0.4) is 0 Å². The van der Waals surface area contributed by atoms with Crippen LogP contribution in [0.4, 0.5) is 13.2 Å². The second-order valence-corrected chi connectivity index (χ2v) is 9.38. The standard InChI is InChI=1S/C20H22F3NO4S/c1-13-5-2-3-8-17(13)24-19(25)18-10-9-15(28-18)12-29(26,27)16-7-4-6-14(11-16)20(21,22)23/h4,6-7,9-11,13,17H,2-3,5,8,12H2,1H3,(H,24,25)/t13-,17+/m0/s1. The van der Waals surface area contributed by atoms with Gasteiger partial charge in [0.1, 0.15) is 11.5 Å². The minimum absolute atomic E-state index is 0.00995. The van der Waals surface area contributed by atoms with Crippen molar-refractivity contribution in [3.63, 3.8) is 0 Å². The quantitative estimate of drug-likeness (QED) is 0.755. The molecule has 1 heterocycles. The summed E-state index contributed by atoms with van der Waals surface area (Å²) in [5, 5.41) is 2.91. The molecule has 158 valence electrons. The monoisotopic (exact) mass is 429 g/mol. The molecule has 1 N–H and O–H groups in total. The summed E-state index contributed by atoms with van der Waals surface area (Å²) in [4.78, 5) is 11.9.